The summed E-state index contributed by atoms with van der Waals surface area (Å²) in [5.74, 6) is 0.877. The molecule has 1 aliphatic carbocycles. The number of hydrogen-bond donors (Lipinski definition) is 1. The van der Waals surface area contributed by atoms with E-state index in [0.717, 1.165) is 29.0 Å². The molecule has 0 spiro atoms. The predicted molar refractivity (Wildman–Crippen MR) is 89.7 cm³/mol. The molecule has 1 aliphatic rings. The first-order chi connectivity index (χ1) is 10.8. The Morgan fingerprint density at radius 3 is 2.95 bits per heavy atom. The van der Waals surface area contributed by atoms with Crippen LogP contribution < -0.4 is 10.1 Å². The Bertz CT molecular complexity index is 639. The van der Waals surface area contributed by atoms with Crippen LogP contribution in [0.5, 0.6) is 5.75 Å². The van der Waals surface area contributed by atoms with Gasteiger partial charge in [0.15, 0.2) is 0 Å². The molecule has 0 radical (unpaired) electrons. The van der Waals surface area contributed by atoms with Crippen molar-refractivity contribution in [2.75, 3.05) is 6.61 Å². The van der Waals surface area contributed by atoms with Gasteiger partial charge in [0.2, 0.25) is 0 Å². The lowest BCUT2D eigenvalue weighted by Crippen LogP contribution is -2.21. The summed E-state index contributed by atoms with van der Waals surface area (Å²) in [6, 6.07) is 9.94. The third-order valence-corrected chi connectivity index (χ3v) is 5.12. The van der Waals surface area contributed by atoms with E-state index in [-0.39, 0.29) is 5.91 Å². The fourth-order valence-electron chi connectivity index (χ4n) is 2.78. The number of carbonyl (C=O) groups excluding carboxylic acids is 1. The first-order valence-corrected chi connectivity index (χ1v) is 8.69. The first kappa shape index (κ1) is 15.1. The molecule has 0 saturated carbocycles. The maximum absolute atomic E-state index is 12.3. The molecule has 116 valence electrons. The number of ether oxygens (including phenoxy) is 1. The summed E-state index contributed by atoms with van der Waals surface area (Å²) in [7, 11) is 0. The fourth-order valence-corrected chi connectivity index (χ4v) is 3.95. The van der Waals surface area contributed by atoms with E-state index in [0.29, 0.717) is 13.2 Å². The first-order valence-electron chi connectivity index (χ1n) is 7.88. The van der Waals surface area contributed by atoms with Crippen LogP contribution in [0.4, 0.5) is 0 Å². The number of nitrogens with one attached hydrogen (secondary N) is 1. The number of carbonyl (C=O) groups is 1. The number of aryl methyl sites for hydroxylation is 2. The van der Waals surface area contributed by atoms with E-state index in [9.17, 15) is 4.79 Å². The Balaban J connectivity index is 1.62. The minimum absolute atomic E-state index is 0.0289. The van der Waals surface area contributed by atoms with Gasteiger partial charge in [-0.25, -0.2) is 0 Å². The summed E-state index contributed by atoms with van der Waals surface area (Å²) in [6.07, 6.45) is 4.74. The van der Waals surface area contributed by atoms with E-state index < -0.39 is 0 Å². The highest BCUT2D eigenvalue weighted by molar-refractivity contribution is 7.14. The molecule has 0 bridgehead atoms. The van der Waals surface area contributed by atoms with Crippen LogP contribution in [0.1, 0.15) is 45.4 Å². The van der Waals surface area contributed by atoms with Crippen LogP contribution >= 0.6 is 11.3 Å². The number of hydrogen-bond acceptors (Lipinski definition) is 3. The van der Waals surface area contributed by atoms with Crippen LogP contribution in [0.2, 0.25) is 0 Å². The fraction of sp³-hybridized carbons (Fsp3) is 0.389. The molecule has 1 heterocycles. The normalized spacial score (nSPS) is 13.5. The van der Waals surface area contributed by atoms with Gasteiger partial charge in [-0.1, -0.05) is 12.1 Å². The van der Waals surface area contributed by atoms with Crippen molar-refractivity contribution in [2.24, 2.45) is 0 Å². The van der Waals surface area contributed by atoms with E-state index >= 15 is 0 Å². The summed E-state index contributed by atoms with van der Waals surface area (Å²) < 4.78 is 5.48. The maximum atomic E-state index is 12.3. The van der Waals surface area contributed by atoms with Gasteiger partial charge in [0.25, 0.3) is 5.91 Å². The molecule has 0 unspecified atom stereocenters. The van der Waals surface area contributed by atoms with Crippen LogP contribution in [0, 0.1) is 0 Å². The standard InChI is InChI=1S/C18H21NO2S/c1-2-21-15-8-5-6-13(10-15)12-19-18(20)17-11-14-7-3-4-9-16(14)22-17/h5-6,8,10-11H,2-4,7,9,12H2,1H3,(H,19,20). The molecule has 2 aromatic rings. The molecular weight excluding hydrogens is 294 g/mol. The highest BCUT2D eigenvalue weighted by Gasteiger charge is 2.17. The number of benzene rings is 1. The minimum atomic E-state index is 0.0289. The van der Waals surface area contributed by atoms with Crippen LogP contribution in [-0.4, -0.2) is 12.5 Å². The van der Waals surface area contributed by atoms with Crippen molar-refractivity contribution in [3.8, 4) is 5.75 Å². The summed E-state index contributed by atoms with van der Waals surface area (Å²) >= 11 is 1.65. The molecular formula is C18H21NO2S. The minimum Gasteiger partial charge on any atom is -0.494 e. The van der Waals surface area contributed by atoms with Crippen LogP contribution in [-0.2, 0) is 19.4 Å². The molecule has 1 N–H and O–H groups in total. The maximum Gasteiger partial charge on any atom is 0.261 e. The zero-order valence-corrected chi connectivity index (χ0v) is 13.7. The zero-order chi connectivity index (χ0) is 15.4. The van der Waals surface area contributed by atoms with E-state index in [4.69, 9.17) is 4.74 Å². The molecule has 0 saturated heterocycles. The van der Waals surface area contributed by atoms with Crippen molar-refractivity contribution < 1.29 is 9.53 Å². The molecule has 0 atom stereocenters. The summed E-state index contributed by atoms with van der Waals surface area (Å²) in [4.78, 5) is 14.6. The van der Waals surface area contributed by atoms with Crippen LogP contribution in [0.3, 0.4) is 0 Å². The van der Waals surface area contributed by atoms with Crippen LogP contribution in [0.25, 0.3) is 0 Å². The third-order valence-electron chi connectivity index (χ3n) is 3.88. The lowest BCUT2D eigenvalue weighted by atomic mass is 9.99. The summed E-state index contributed by atoms with van der Waals surface area (Å²) in [6.45, 7) is 3.14. The number of amides is 1. The van der Waals surface area contributed by atoms with Gasteiger partial charge in [-0.2, -0.15) is 0 Å². The Morgan fingerprint density at radius 1 is 1.27 bits per heavy atom. The number of fused-ring (bicyclic) bond motifs is 1. The predicted octanol–water partition coefficient (Wildman–Crippen LogP) is 3.96. The van der Waals surface area contributed by atoms with Crippen molar-refractivity contribution in [1.82, 2.24) is 5.32 Å². The quantitative estimate of drug-likeness (QED) is 0.907. The number of rotatable bonds is 5. The van der Waals surface area contributed by atoms with Gasteiger partial charge in [0, 0.05) is 11.4 Å². The Kier molecular flexibility index (Phi) is 4.78. The second-order valence-electron chi connectivity index (χ2n) is 5.53. The van der Waals surface area contributed by atoms with Gasteiger partial charge in [-0.15, -0.1) is 11.3 Å². The lowest BCUT2D eigenvalue weighted by Gasteiger charge is -2.08. The van der Waals surface area contributed by atoms with Crippen molar-refractivity contribution in [3.05, 3.63) is 51.2 Å². The Morgan fingerprint density at radius 2 is 2.14 bits per heavy atom. The molecule has 3 nitrogen and oxygen atoms in total. The smallest absolute Gasteiger partial charge is 0.261 e. The van der Waals surface area contributed by atoms with Gasteiger partial charge in [0.05, 0.1) is 11.5 Å². The molecule has 4 heteroatoms. The van der Waals surface area contributed by atoms with Crippen LogP contribution in [0.15, 0.2) is 30.3 Å². The largest absolute Gasteiger partial charge is 0.494 e. The third kappa shape index (κ3) is 3.50. The summed E-state index contributed by atoms with van der Waals surface area (Å²) in [5, 5.41) is 3.01. The zero-order valence-electron chi connectivity index (χ0n) is 12.9. The van der Waals surface area contributed by atoms with Gasteiger partial charge >= 0.3 is 0 Å². The second-order valence-corrected chi connectivity index (χ2v) is 6.67. The molecule has 1 aromatic carbocycles. The highest BCUT2D eigenvalue weighted by atomic mass is 32.1. The van der Waals surface area contributed by atoms with Crippen molar-refractivity contribution >= 4 is 17.2 Å². The SMILES string of the molecule is CCOc1cccc(CNC(=O)c2cc3c(s2)CCCC3)c1. The van der Waals surface area contributed by atoms with E-state index in [1.165, 1.54) is 23.3 Å². The van der Waals surface area contributed by atoms with E-state index in [1.54, 1.807) is 11.3 Å². The highest BCUT2D eigenvalue weighted by Crippen LogP contribution is 2.29. The Labute approximate surface area is 135 Å². The molecule has 0 aliphatic heterocycles. The number of thiophene rings is 1. The van der Waals surface area contributed by atoms with Gasteiger partial charge in [-0.05, 0) is 61.9 Å². The van der Waals surface area contributed by atoms with E-state index in [2.05, 4.69) is 11.4 Å². The molecule has 1 aromatic heterocycles. The second kappa shape index (κ2) is 6.97. The van der Waals surface area contributed by atoms with Gasteiger partial charge in [0.1, 0.15) is 5.75 Å². The average Bonchev–Trinajstić information content (AvgIpc) is 2.97. The topological polar surface area (TPSA) is 38.3 Å². The summed E-state index contributed by atoms with van der Waals surface area (Å²) in [5.41, 5.74) is 2.43. The lowest BCUT2D eigenvalue weighted by molar-refractivity contribution is 0.0955. The van der Waals surface area contributed by atoms with Gasteiger partial charge in [-0.3, -0.25) is 4.79 Å². The molecule has 0 fully saturated rings. The monoisotopic (exact) mass is 315 g/mol. The van der Waals surface area contributed by atoms with Gasteiger partial charge < -0.3 is 10.1 Å². The molecule has 22 heavy (non-hydrogen) atoms. The Hall–Kier alpha value is -1.81. The van der Waals surface area contributed by atoms with E-state index in [1.807, 2.05) is 31.2 Å². The van der Waals surface area contributed by atoms with Crippen molar-refractivity contribution in [2.45, 2.75) is 39.2 Å². The van der Waals surface area contributed by atoms with Crippen molar-refractivity contribution in [1.29, 1.82) is 0 Å². The molecule has 3 rings (SSSR count). The molecule has 1 amide bonds. The van der Waals surface area contributed by atoms with Crippen molar-refractivity contribution in [3.63, 3.8) is 0 Å². The average molecular weight is 315 g/mol.